The number of nitrogens with one attached hydrogen (secondary N) is 1. The van der Waals surface area contributed by atoms with Crippen LogP contribution in [0.1, 0.15) is 24.2 Å². The molecule has 4 unspecified atom stereocenters. The minimum atomic E-state index is -2.13. The van der Waals surface area contributed by atoms with Gasteiger partial charge in [0.05, 0.1) is 34.2 Å². The number of rotatable bonds is 2. The van der Waals surface area contributed by atoms with E-state index in [-0.39, 0.29) is 15.6 Å². The molecule has 2 aliphatic rings. The first-order valence-electron chi connectivity index (χ1n) is 9.13. The summed E-state index contributed by atoms with van der Waals surface area (Å²) in [6.07, 6.45) is -1.34. The van der Waals surface area contributed by atoms with Crippen molar-refractivity contribution in [2.45, 2.75) is 18.8 Å². The number of ether oxygens (including phenoxy) is 2. The van der Waals surface area contributed by atoms with Gasteiger partial charge in [0.25, 0.3) is 0 Å². The van der Waals surface area contributed by atoms with E-state index in [0.717, 1.165) is 0 Å². The first-order chi connectivity index (χ1) is 14.7. The maximum Gasteiger partial charge on any atom is 0.244 e. The van der Waals surface area contributed by atoms with Crippen molar-refractivity contribution < 1.29 is 9.47 Å². The van der Waals surface area contributed by atoms with Crippen molar-refractivity contribution >= 4 is 40.7 Å². The lowest BCUT2D eigenvalue weighted by molar-refractivity contribution is -0.288. The molecule has 0 aromatic heterocycles. The number of benzene rings is 2. The fraction of sp³-hybridized carbons (Fsp3) is 0.273. The summed E-state index contributed by atoms with van der Waals surface area (Å²) in [5.41, 5.74) is -3.38. The smallest absolute Gasteiger partial charge is 0.244 e. The van der Waals surface area contributed by atoms with Gasteiger partial charge in [-0.2, -0.15) is 15.8 Å². The molecule has 2 fully saturated rings. The van der Waals surface area contributed by atoms with Gasteiger partial charge in [0.1, 0.15) is 6.10 Å². The number of nitrogens with zero attached hydrogens (tertiary/aromatic N) is 3. The average Bonchev–Trinajstić information content (AvgIpc) is 2.92. The molecular weight excluding hydrogens is 459 g/mol. The highest BCUT2D eigenvalue weighted by Crippen LogP contribution is 2.69. The second-order valence-corrected chi connectivity index (χ2v) is 8.64. The molecule has 2 aromatic rings. The second-order valence-electron chi connectivity index (χ2n) is 7.42. The fourth-order valence-electron chi connectivity index (χ4n) is 4.58. The molecular formula is C22H13Cl3N4O2. The van der Waals surface area contributed by atoms with E-state index in [4.69, 9.17) is 49.7 Å². The van der Waals surface area contributed by atoms with Crippen LogP contribution < -0.4 is 0 Å². The maximum absolute atomic E-state index is 10.3. The van der Waals surface area contributed by atoms with E-state index in [0.29, 0.717) is 10.6 Å². The second kappa shape index (κ2) is 7.13. The van der Waals surface area contributed by atoms with Gasteiger partial charge in [-0.25, -0.2) is 0 Å². The molecule has 154 valence electrons. The zero-order valence-corrected chi connectivity index (χ0v) is 18.3. The molecule has 4 rings (SSSR count). The number of fused-ring (bicyclic) bond motifs is 2. The van der Waals surface area contributed by atoms with E-state index in [1.54, 1.807) is 49.4 Å². The van der Waals surface area contributed by atoms with Gasteiger partial charge in [-0.15, -0.1) is 0 Å². The molecule has 9 heteroatoms. The molecule has 1 N–H and O–H groups in total. The lowest BCUT2D eigenvalue weighted by Crippen LogP contribution is -2.57. The molecule has 4 atom stereocenters. The van der Waals surface area contributed by atoms with Gasteiger partial charge in [-0.3, -0.25) is 5.41 Å². The van der Waals surface area contributed by atoms with Gasteiger partial charge in [0.2, 0.25) is 17.1 Å². The monoisotopic (exact) mass is 470 g/mol. The minimum Gasteiger partial charge on any atom is -0.443 e. The van der Waals surface area contributed by atoms with Crippen LogP contribution in [0.25, 0.3) is 0 Å². The summed E-state index contributed by atoms with van der Waals surface area (Å²) < 4.78 is 12.3. The third kappa shape index (κ3) is 2.50. The third-order valence-electron chi connectivity index (χ3n) is 6.16. The van der Waals surface area contributed by atoms with Crippen LogP contribution in [0.5, 0.6) is 0 Å². The molecule has 0 spiro atoms. The normalized spacial score (nSPS) is 30.5. The highest BCUT2D eigenvalue weighted by atomic mass is 35.5. The van der Waals surface area contributed by atoms with Gasteiger partial charge in [-0.05, 0) is 18.2 Å². The van der Waals surface area contributed by atoms with Crippen molar-refractivity contribution in [1.29, 1.82) is 21.2 Å². The number of nitriles is 3. The van der Waals surface area contributed by atoms with Gasteiger partial charge < -0.3 is 9.47 Å². The maximum atomic E-state index is 10.3. The fourth-order valence-corrected chi connectivity index (χ4v) is 5.17. The third-order valence-corrected chi connectivity index (χ3v) is 7.23. The van der Waals surface area contributed by atoms with E-state index in [1.165, 1.54) is 0 Å². The summed E-state index contributed by atoms with van der Waals surface area (Å²) in [5, 5.41) is 40.0. The molecule has 0 saturated carbocycles. The Morgan fingerprint density at radius 1 is 1.00 bits per heavy atom. The molecule has 0 aliphatic carbocycles. The average molecular weight is 472 g/mol. The van der Waals surface area contributed by atoms with Crippen molar-refractivity contribution in [3.8, 4) is 18.2 Å². The largest absolute Gasteiger partial charge is 0.443 e. The van der Waals surface area contributed by atoms with Crippen LogP contribution in [0.2, 0.25) is 15.1 Å². The molecule has 6 nitrogen and oxygen atoms in total. The van der Waals surface area contributed by atoms with E-state index in [2.05, 4.69) is 6.07 Å². The summed E-state index contributed by atoms with van der Waals surface area (Å²) in [5.74, 6) is -3.07. The molecule has 2 aliphatic heterocycles. The summed E-state index contributed by atoms with van der Waals surface area (Å²) in [4.78, 5) is 0. The zero-order chi connectivity index (χ0) is 22.6. The first-order valence-corrected chi connectivity index (χ1v) is 10.3. The Labute approximate surface area is 193 Å². The van der Waals surface area contributed by atoms with Crippen LogP contribution in [0.4, 0.5) is 0 Å². The zero-order valence-electron chi connectivity index (χ0n) is 16.0. The molecule has 2 bridgehead atoms. The summed E-state index contributed by atoms with van der Waals surface area (Å²) in [6, 6.07) is 17.3. The van der Waals surface area contributed by atoms with E-state index in [1.807, 2.05) is 12.1 Å². The minimum absolute atomic E-state index is 0.0823. The van der Waals surface area contributed by atoms with Gasteiger partial charge in [0, 0.05) is 16.1 Å². The Bertz CT molecular complexity index is 1230. The number of hydrogen-bond acceptors (Lipinski definition) is 6. The standard InChI is InChI=1S/C22H13Cl3N4O2/c1-12-21(11-28)19(29)31-22(12,13-4-2-5-14(23)8-13)30-18(20(21,9-26)10-27)15-6-3-7-16(24)17(15)25/h2-8,12,18,29H,1H3. The van der Waals surface area contributed by atoms with Crippen LogP contribution in [-0.4, -0.2) is 5.90 Å². The Morgan fingerprint density at radius 2 is 1.68 bits per heavy atom. The van der Waals surface area contributed by atoms with Gasteiger partial charge in [-0.1, -0.05) is 66.0 Å². The van der Waals surface area contributed by atoms with Crippen LogP contribution in [-0.2, 0) is 15.3 Å². The SMILES string of the molecule is CC1C2(c3cccc(Cl)c3)OC(=N)C1(C#N)C(C#N)(C#N)C(c1cccc(Cl)c1Cl)O2. The van der Waals surface area contributed by atoms with E-state index < -0.39 is 34.5 Å². The highest BCUT2D eigenvalue weighted by molar-refractivity contribution is 6.42. The van der Waals surface area contributed by atoms with Crippen molar-refractivity contribution in [3.63, 3.8) is 0 Å². The lowest BCUT2D eigenvalue weighted by atomic mass is 9.53. The van der Waals surface area contributed by atoms with Crippen molar-refractivity contribution in [1.82, 2.24) is 0 Å². The molecule has 0 radical (unpaired) electrons. The molecule has 31 heavy (non-hydrogen) atoms. The Hall–Kier alpha value is -2.79. The predicted octanol–water partition coefficient (Wildman–Crippen LogP) is 5.76. The van der Waals surface area contributed by atoms with Gasteiger partial charge in [0.15, 0.2) is 5.41 Å². The van der Waals surface area contributed by atoms with E-state index in [9.17, 15) is 15.8 Å². The molecule has 2 saturated heterocycles. The lowest BCUT2D eigenvalue weighted by Gasteiger charge is -2.49. The Balaban J connectivity index is 2.09. The van der Waals surface area contributed by atoms with Crippen molar-refractivity contribution in [3.05, 3.63) is 68.7 Å². The van der Waals surface area contributed by atoms with E-state index >= 15 is 0 Å². The molecule has 0 amide bonds. The van der Waals surface area contributed by atoms with Crippen molar-refractivity contribution in [2.24, 2.45) is 16.7 Å². The Morgan fingerprint density at radius 3 is 2.29 bits per heavy atom. The predicted molar refractivity (Wildman–Crippen MR) is 113 cm³/mol. The van der Waals surface area contributed by atoms with Crippen LogP contribution in [0, 0.1) is 56.2 Å². The van der Waals surface area contributed by atoms with Gasteiger partial charge >= 0.3 is 0 Å². The summed E-state index contributed by atoms with van der Waals surface area (Å²) in [6.45, 7) is 1.62. The Kier molecular flexibility index (Phi) is 4.93. The summed E-state index contributed by atoms with van der Waals surface area (Å²) in [7, 11) is 0. The number of hydrogen-bond donors (Lipinski definition) is 1. The number of halogens is 3. The van der Waals surface area contributed by atoms with Crippen molar-refractivity contribution in [2.75, 3.05) is 0 Å². The highest BCUT2D eigenvalue weighted by Gasteiger charge is 2.79. The molecule has 2 heterocycles. The van der Waals surface area contributed by atoms with Crippen LogP contribution in [0.3, 0.4) is 0 Å². The first kappa shape index (κ1) is 21.4. The quantitative estimate of drug-likeness (QED) is 0.598. The summed E-state index contributed by atoms with van der Waals surface area (Å²) >= 11 is 18.8. The van der Waals surface area contributed by atoms with Crippen LogP contribution in [0.15, 0.2) is 42.5 Å². The van der Waals surface area contributed by atoms with Crippen LogP contribution >= 0.6 is 34.8 Å². The molecule has 2 aromatic carbocycles. The topological polar surface area (TPSA) is 114 Å².